The average Bonchev–Trinajstić information content (AvgIpc) is 2.93. The Morgan fingerprint density at radius 1 is 1.29 bits per heavy atom. The number of anilines is 1. The summed E-state index contributed by atoms with van der Waals surface area (Å²) in [6, 6.07) is 13.0. The molecule has 0 aliphatic carbocycles. The molecule has 0 aromatic heterocycles. The van der Waals surface area contributed by atoms with Gasteiger partial charge < -0.3 is 14.7 Å². The van der Waals surface area contributed by atoms with Crippen LogP contribution in [0.2, 0.25) is 0 Å². The molecule has 0 saturated carbocycles. The second-order valence-electron chi connectivity index (χ2n) is 5.77. The monoisotopic (exact) mass is 328 g/mol. The Hall–Kier alpha value is -2.57. The maximum Gasteiger partial charge on any atom is 0.225 e. The maximum atomic E-state index is 11.9. The Balaban J connectivity index is 1.94. The molecule has 1 aliphatic heterocycles. The number of carbonyl (C=O) groups is 1. The zero-order valence-electron chi connectivity index (χ0n) is 13.4. The minimum Gasteiger partial charge on any atom is -0.496 e. The molecule has 0 bridgehead atoms. The number of nitrogens with zero attached hydrogens (tertiary/aromatic N) is 1. The summed E-state index contributed by atoms with van der Waals surface area (Å²) < 4.78 is 5.43. The number of carbonyl (C=O) groups excluding carboxylic acids is 1. The van der Waals surface area contributed by atoms with E-state index in [1.54, 1.807) is 19.2 Å². The second-order valence-corrected chi connectivity index (χ2v) is 5.77. The van der Waals surface area contributed by atoms with E-state index in [9.17, 15) is 9.90 Å². The van der Waals surface area contributed by atoms with E-state index in [0.717, 1.165) is 16.7 Å². The van der Waals surface area contributed by atoms with Crippen molar-refractivity contribution in [3.05, 3.63) is 48.0 Å². The van der Waals surface area contributed by atoms with Gasteiger partial charge in [0.25, 0.3) is 0 Å². The van der Waals surface area contributed by atoms with Crippen molar-refractivity contribution >= 4 is 11.6 Å². The highest BCUT2D eigenvalue weighted by Crippen LogP contribution is 2.33. The van der Waals surface area contributed by atoms with Crippen LogP contribution in [0.15, 0.2) is 42.5 Å². The summed E-state index contributed by atoms with van der Waals surface area (Å²) >= 11 is 0. The summed E-state index contributed by atoms with van der Waals surface area (Å²) in [6.07, 6.45) is 0.144. The fraction of sp³-hybridized carbons (Fsp3) is 0.278. The van der Waals surface area contributed by atoms with Gasteiger partial charge in [0.1, 0.15) is 12.0 Å². The molecule has 6 nitrogen and oxygen atoms in total. The molecule has 0 radical (unpaired) electrons. The molecule has 1 heterocycles. The molecule has 2 aromatic rings. The van der Waals surface area contributed by atoms with Crippen LogP contribution in [0.3, 0.4) is 0 Å². The number of amides is 1. The van der Waals surface area contributed by atoms with E-state index in [0.29, 0.717) is 30.8 Å². The molecule has 1 amide bonds. The van der Waals surface area contributed by atoms with Gasteiger partial charge in [-0.1, -0.05) is 18.2 Å². The van der Waals surface area contributed by atoms with Crippen LogP contribution in [0.5, 0.6) is 5.75 Å². The number of ether oxygens (including phenoxy) is 1. The molecule has 1 atom stereocenters. The maximum absolute atomic E-state index is 11.9. The fourth-order valence-electron chi connectivity index (χ4n) is 2.94. The molecule has 3 N–H and O–H groups in total. The first-order valence-corrected chi connectivity index (χ1v) is 7.77. The van der Waals surface area contributed by atoms with Gasteiger partial charge in [0, 0.05) is 24.9 Å². The molecule has 1 aliphatic rings. The summed E-state index contributed by atoms with van der Waals surface area (Å²) in [7, 11) is 1.60. The van der Waals surface area contributed by atoms with Gasteiger partial charge in [0.2, 0.25) is 5.91 Å². The predicted molar refractivity (Wildman–Crippen MR) is 89.6 cm³/mol. The topological polar surface area (TPSA) is 82.0 Å². The minimum atomic E-state index is -0.718. The van der Waals surface area contributed by atoms with Crippen molar-refractivity contribution in [3.8, 4) is 16.9 Å². The number of methoxy groups -OCH3 is 1. The summed E-state index contributed by atoms with van der Waals surface area (Å²) in [6.45, 7) is 0.356. The van der Waals surface area contributed by atoms with Crippen LogP contribution in [-0.4, -0.2) is 34.5 Å². The van der Waals surface area contributed by atoms with Crippen molar-refractivity contribution in [1.29, 1.82) is 0 Å². The number of aliphatic hydroxyl groups excluding tert-OH is 1. The Morgan fingerprint density at radius 2 is 2.12 bits per heavy atom. The van der Waals surface area contributed by atoms with Gasteiger partial charge in [-0.25, -0.2) is 0 Å². The van der Waals surface area contributed by atoms with Gasteiger partial charge in [0.05, 0.1) is 12.8 Å². The Morgan fingerprint density at radius 3 is 2.79 bits per heavy atom. The Bertz CT molecular complexity index is 748. The highest BCUT2D eigenvalue weighted by molar-refractivity contribution is 5.79. The molecule has 126 valence electrons. The lowest BCUT2D eigenvalue weighted by Crippen LogP contribution is -2.32. The first-order valence-electron chi connectivity index (χ1n) is 7.77. The molecular formula is C18H20N2O4. The van der Waals surface area contributed by atoms with E-state index in [4.69, 9.17) is 9.94 Å². The number of benzene rings is 2. The highest BCUT2D eigenvalue weighted by Gasteiger charge is 2.29. The molecule has 1 unspecified atom stereocenters. The summed E-state index contributed by atoms with van der Waals surface area (Å²) in [5.74, 6) is 0.661. The Labute approximate surface area is 140 Å². The van der Waals surface area contributed by atoms with E-state index in [2.05, 4.69) is 5.48 Å². The molecule has 6 heteroatoms. The third kappa shape index (κ3) is 3.20. The summed E-state index contributed by atoms with van der Waals surface area (Å²) in [5, 5.41) is 19.0. The SMILES string of the molecule is COc1ccc(CN2C(=O)CCC2O)cc1-c1cccc(NO)c1. The van der Waals surface area contributed by atoms with Crippen molar-refractivity contribution in [2.75, 3.05) is 12.6 Å². The molecule has 0 spiro atoms. The number of rotatable bonds is 5. The number of nitrogens with one attached hydrogen (secondary N) is 1. The molecule has 2 aromatic carbocycles. The zero-order valence-corrected chi connectivity index (χ0v) is 13.4. The lowest BCUT2D eigenvalue weighted by molar-refractivity contribution is -0.134. The van der Waals surface area contributed by atoms with E-state index in [1.165, 1.54) is 4.90 Å². The first-order chi connectivity index (χ1) is 11.6. The molecule has 3 rings (SSSR count). The van der Waals surface area contributed by atoms with Crippen molar-refractivity contribution in [2.45, 2.75) is 25.6 Å². The van der Waals surface area contributed by atoms with Crippen LogP contribution < -0.4 is 10.2 Å². The third-order valence-electron chi connectivity index (χ3n) is 4.22. The number of hydrogen-bond donors (Lipinski definition) is 3. The number of hydrogen-bond acceptors (Lipinski definition) is 5. The van der Waals surface area contributed by atoms with Gasteiger partial charge in [-0.15, -0.1) is 0 Å². The van der Waals surface area contributed by atoms with Crippen LogP contribution >= 0.6 is 0 Å². The minimum absolute atomic E-state index is 0.0358. The lowest BCUT2D eigenvalue weighted by atomic mass is 10.0. The van der Waals surface area contributed by atoms with Crippen LogP contribution in [0.25, 0.3) is 11.1 Å². The van der Waals surface area contributed by atoms with E-state index in [1.807, 2.05) is 30.3 Å². The first kappa shape index (κ1) is 16.3. The molecule has 24 heavy (non-hydrogen) atoms. The van der Waals surface area contributed by atoms with E-state index >= 15 is 0 Å². The standard InChI is InChI=1S/C18H20N2O4/c1-24-16-6-5-12(11-20-17(21)7-8-18(20)22)9-15(16)13-3-2-4-14(10-13)19-23/h2-6,9-10,17,19,21,23H,7-8,11H2,1H3. The van der Waals surface area contributed by atoms with Crippen LogP contribution in [0.4, 0.5) is 5.69 Å². The van der Waals surface area contributed by atoms with Crippen molar-refractivity contribution in [2.24, 2.45) is 0 Å². The van der Waals surface area contributed by atoms with Gasteiger partial charge in [-0.05, 0) is 35.4 Å². The van der Waals surface area contributed by atoms with E-state index < -0.39 is 6.23 Å². The molecule has 1 fully saturated rings. The van der Waals surface area contributed by atoms with Crippen LogP contribution in [0.1, 0.15) is 18.4 Å². The predicted octanol–water partition coefficient (Wildman–Crippen LogP) is 2.60. The van der Waals surface area contributed by atoms with Crippen molar-refractivity contribution < 1.29 is 19.8 Å². The molecule has 1 saturated heterocycles. The van der Waals surface area contributed by atoms with Crippen molar-refractivity contribution in [3.63, 3.8) is 0 Å². The van der Waals surface area contributed by atoms with Crippen LogP contribution in [-0.2, 0) is 11.3 Å². The third-order valence-corrected chi connectivity index (χ3v) is 4.22. The highest BCUT2D eigenvalue weighted by atomic mass is 16.5. The summed E-state index contributed by atoms with van der Waals surface area (Å²) in [5.41, 5.74) is 5.34. The zero-order chi connectivity index (χ0) is 17.1. The van der Waals surface area contributed by atoms with Gasteiger partial charge in [-0.2, -0.15) is 0 Å². The Kier molecular flexibility index (Phi) is 4.69. The molecular weight excluding hydrogens is 308 g/mol. The van der Waals surface area contributed by atoms with Gasteiger partial charge >= 0.3 is 0 Å². The second kappa shape index (κ2) is 6.90. The summed E-state index contributed by atoms with van der Waals surface area (Å²) in [4.78, 5) is 13.3. The largest absolute Gasteiger partial charge is 0.496 e. The van der Waals surface area contributed by atoms with Gasteiger partial charge in [0.15, 0.2) is 0 Å². The number of aliphatic hydroxyl groups is 1. The van der Waals surface area contributed by atoms with Crippen molar-refractivity contribution in [1.82, 2.24) is 4.90 Å². The quantitative estimate of drug-likeness (QED) is 0.735. The number of likely N-dealkylation sites (tertiary alicyclic amines) is 1. The lowest BCUT2D eigenvalue weighted by Gasteiger charge is -2.21. The van der Waals surface area contributed by atoms with E-state index in [-0.39, 0.29) is 5.91 Å². The fourth-order valence-corrected chi connectivity index (χ4v) is 2.94. The smallest absolute Gasteiger partial charge is 0.225 e. The average molecular weight is 328 g/mol. The normalized spacial score (nSPS) is 17.2. The van der Waals surface area contributed by atoms with Gasteiger partial charge in [-0.3, -0.25) is 15.5 Å². The van der Waals surface area contributed by atoms with Crippen LogP contribution in [0, 0.1) is 0 Å².